The minimum absolute atomic E-state index is 0.154. The van der Waals surface area contributed by atoms with Crippen molar-refractivity contribution in [3.05, 3.63) is 0 Å². The number of carbonyl (C=O) groups is 1. The zero-order chi connectivity index (χ0) is 14.9. The van der Waals surface area contributed by atoms with Gasteiger partial charge in [0.05, 0.1) is 0 Å². The summed E-state index contributed by atoms with van der Waals surface area (Å²) in [7, 11) is 0. The number of hydrogen-bond donors (Lipinski definition) is 0. The molecule has 0 aromatic rings. The summed E-state index contributed by atoms with van der Waals surface area (Å²) in [5.74, 6) is 0. The van der Waals surface area contributed by atoms with Gasteiger partial charge in [0, 0.05) is 31.2 Å². The molecular formula is C16H30N2O2. The Morgan fingerprint density at radius 3 is 1.95 bits per heavy atom. The molecule has 0 bridgehead atoms. The molecule has 0 aliphatic carbocycles. The predicted molar refractivity (Wildman–Crippen MR) is 80.8 cm³/mol. The third-order valence-corrected chi connectivity index (χ3v) is 4.56. The molecule has 2 aliphatic rings. The average Bonchev–Trinajstić information content (AvgIpc) is 2.67. The van der Waals surface area contributed by atoms with E-state index in [4.69, 9.17) is 4.74 Å². The quantitative estimate of drug-likeness (QED) is 0.740. The van der Waals surface area contributed by atoms with Gasteiger partial charge in [0.1, 0.15) is 5.60 Å². The van der Waals surface area contributed by atoms with Crippen molar-refractivity contribution in [2.24, 2.45) is 0 Å². The standard InChI is InChI=1S/C16H30N2O2/c1-12-6-7-13(2)18(12)14-8-10-17(11-9-14)15(19)20-16(3,4)5/h12-14H,6-11H2,1-5H3/t12-,13-/m1/s1. The third kappa shape index (κ3) is 3.66. The molecule has 1 amide bonds. The highest BCUT2D eigenvalue weighted by Gasteiger charge is 2.36. The first-order chi connectivity index (χ1) is 9.28. The van der Waals surface area contributed by atoms with Crippen LogP contribution in [-0.4, -0.2) is 52.7 Å². The van der Waals surface area contributed by atoms with Crippen LogP contribution in [0, 0.1) is 0 Å². The Morgan fingerprint density at radius 2 is 1.50 bits per heavy atom. The maximum Gasteiger partial charge on any atom is 0.410 e. The highest BCUT2D eigenvalue weighted by Crippen LogP contribution is 2.30. The Morgan fingerprint density at radius 1 is 1.00 bits per heavy atom. The van der Waals surface area contributed by atoms with Crippen LogP contribution in [0.2, 0.25) is 0 Å². The van der Waals surface area contributed by atoms with E-state index >= 15 is 0 Å². The number of nitrogens with zero attached hydrogens (tertiary/aromatic N) is 2. The molecule has 0 radical (unpaired) electrons. The summed E-state index contributed by atoms with van der Waals surface area (Å²) < 4.78 is 5.45. The van der Waals surface area contributed by atoms with E-state index in [1.54, 1.807) is 0 Å². The van der Waals surface area contributed by atoms with Gasteiger partial charge in [0.2, 0.25) is 0 Å². The lowest BCUT2D eigenvalue weighted by Gasteiger charge is -2.40. The summed E-state index contributed by atoms with van der Waals surface area (Å²) in [6, 6.07) is 2.03. The normalized spacial score (nSPS) is 29.8. The number of ether oxygens (including phenoxy) is 1. The van der Waals surface area contributed by atoms with Crippen molar-refractivity contribution in [2.45, 2.75) is 84.0 Å². The lowest BCUT2D eigenvalue weighted by Crippen LogP contribution is -2.50. The summed E-state index contributed by atoms with van der Waals surface area (Å²) in [4.78, 5) is 16.6. The van der Waals surface area contributed by atoms with Crippen molar-refractivity contribution in [2.75, 3.05) is 13.1 Å². The molecule has 4 nitrogen and oxygen atoms in total. The lowest BCUT2D eigenvalue weighted by atomic mass is 10.0. The third-order valence-electron chi connectivity index (χ3n) is 4.56. The number of rotatable bonds is 1. The SMILES string of the molecule is C[C@@H]1CC[C@@H](C)N1C1CCN(C(=O)OC(C)(C)C)CC1. The minimum atomic E-state index is -0.397. The lowest BCUT2D eigenvalue weighted by molar-refractivity contribution is 0.0114. The molecule has 2 saturated heterocycles. The van der Waals surface area contributed by atoms with Gasteiger partial charge in [0.25, 0.3) is 0 Å². The molecule has 2 fully saturated rings. The van der Waals surface area contributed by atoms with Crippen LogP contribution in [0.5, 0.6) is 0 Å². The van der Waals surface area contributed by atoms with Gasteiger partial charge in [0.15, 0.2) is 0 Å². The van der Waals surface area contributed by atoms with Gasteiger partial charge < -0.3 is 9.64 Å². The van der Waals surface area contributed by atoms with Crippen molar-refractivity contribution in [1.29, 1.82) is 0 Å². The molecule has 0 aromatic heterocycles. The number of likely N-dealkylation sites (tertiary alicyclic amines) is 2. The first kappa shape index (κ1) is 15.6. The van der Waals surface area contributed by atoms with Gasteiger partial charge in [-0.3, -0.25) is 4.90 Å². The van der Waals surface area contributed by atoms with Gasteiger partial charge in [-0.15, -0.1) is 0 Å². The molecule has 2 aliphatic heterocycles. The summed E-state index contributed by atoms with van der Waals surface area (Å²) in [5, 5.41) is 0. The van der Waals surface area contributed by atoms with Crippen LogP contribution < -0.4 is 0 Å². The van der Waals surface area contributed by atoms with Crippen LogP contribution in [-0.2, 0) is 4.74 Å². The van der Waals surface area contributed by atoms with E-state index in [0.717, 1.165) is 25.9 Å². The molecular weight excluding hydrogens is 252 g/mol. The zero-order valence-corrected chi connectivity index (χ0v) is 13.7. The molecule has 0 saturated carbocycles. The van der Waals surface area contributed by atoms with Crippen LogP contribution >= 0.6 is 0 Å². The molecule has 2 atom stereocenters. The van der Waals surface area contributed by atoms with E-state index in [1.165, 1.54) is 12.8 Å². The van der Waals surface area contributed by atoms with Crippen molar-refractivity contribution in [3.8, 4) is 0 Å². The van der Waals surface area contributed by atoms with Crippen LogP contribution in [0.1, 0.15) is 60.3 Å². The molecule has 0 unspecified atom stereocenters. The van der Waals surface area contributed by atoms with Crippen LogP contribution in [0.4, 0.5) is 4.79 Å². The average molecular weight is 282 g/mol. The summed E-state index contributed by atoms with van der Waals surface area (Å²) in [6.07, 6.45) is 4.63. The van der Waals surface area contributed by atoms with Crippen molar-refractivity contribution >= 4 is 6.09 Å². The van der Waals surface area contributed by atoms with Gasteiger partial charge >= 0.3 is 6.09 Å². The highest BCUT2D eigenvalue weighted by molar-refractivity contribution is 5.68. The summed E-state index contributed by atoms with van der Waals surface area (Å²) in [6.45, 7) is 12.1. The van der Waals surface area contributed by atoms with Crippen molar-refractivity contribution in [1.82, 2.24) is 9.80 Å². The van der Waals surface area contributed by atoms with Gasteiger partial charge in [-0.2, -0.15) is 0 Å². The van der Waals surface area contributed by atoms with E-state index in [0.29, 0.717) is 18.1 Å². The van der Waals surface area contributed by atoms with E-state index in [9.17, 15) is 4.79 Å². The zero-order valence-electron chi connectivity index (χ0n) is 13.7. The van der Waals surface area contributed by atoms with E-state index in [-0.39, 0.29) is 6.09 Å². The summed E-state index contributed by atoms with van der Waals surface area (Å²) in [5.41, 5.74) is -0.397. The van der Waals surface area contributed by atoms with E-state index in [1.807, 2.05) is 25.7 Å². The largest absolute Gasteiger partial charge is 0.444 e. The second kappa shape index (κ2) is 5.92. The van der Waals surface area contributed by atoms with Crippen LogP contribution in [0.15, 0.2) is 0 Å². The summed E-state index contributed by atoms with van der Waals surface area (Å²) >= 11 is 0. The number of piperidine rings is 1. The van der Waals surface area contributed by atoms with Crippen LogP contribution in [0.3, 0.4) is 0 Å². The van der Waals surface area contributed by atoms with E-state index < -0.39 is 5.60 Å². The molecule has 0 aromatic carbocycles. The highest BCUT2D eigenvalue weighted by atomic mass is 16.6. The molecule has 0 spiro atoms. The molecule has 4 heteroatoms. The Hall–Kier alpha value is -0.770. The topological polar surface area (TPSA) is 32.8 Å². The Balaban J connectivity index is 1.85. The van der Waals surface area contributed by atoms with Crippen molar-refractivity contribution in [3.63, 3.8) is 0 Å². The predicted octanol–water partition coefficient (Wildman–Crippen LogP) is 3.26. The maximum atomic E-state index is 12.1. The monoisotopic (exact) mass is 282 g/mol. The molecule has 0 N–H and O–H groups in total. The maximum absolute atomic E-state index is 12.1. The fraction of sp³-hybridized carbons (Fsp3) is 0.938. The molecule has 2 heterocycles. The van der Waals surface area contributed by atoms with Crippen LogP contribution in [0.25, 0.3) is 0 Å². The van der Waals surface area contributed by atoms with Gasteiger partial charge in [-0.1, -0.05) is 0 Å². The Bertz CT molecular complexity index is 333. The number of carbonyl (C=O) groups excluding carboxylic acids is 1. The molecule has 116 valence electrons. The fourth-order valence-corrected chi connectivity index (χ4v) is 3.61. The Labute approximate surface area is 123 Å². The number of hydrogen-bond acceptors (Lipinski definition) is 3. The second-order valence-electron chi connectivity index (χ2n) is 7.42. The van der Waals surface area contributed by atoms with Gasteiger partial charge in [-0.25, -0.2) is 4.79 Å². The Kier molecular flexibility index (Phi) is 4.62. The second-order valence-corrected chi connectivity index (χ2v) is 7.42. The first-order valence-electron chi connectivity index (χ1n) is 8.03. The minimum Gasteiger partial charge on any atom is -0.444 e. The van der Waals surface area contributed by atoms with Crippen molar-refractivity contribution < 1.29 is 9.53 Å². The van der Waals surface area contributed by atoms with Gasteiger partial charge in [-0.05, 0) is 60.3 Å². The number of amides is 1. The van der Waals surface area contributed by atoms with E-state index in [2.05, 4.69) is 18.7 Å². The fourth-order valence-electron chi connectivity index (χ4n) is 3.61. The first-order valence-corrected chi connectivity index (χ1v) is 8.03. The smallest absolute Gasteiger partial charge is 0.410 e. The molecule has 20 heavy (non-hydrogen) atoms. The molecule has 2 rings (SSSR count).